The van der Waals surface area contributed by atoms with Crippen LogP contribution in [-0.4, -0.2) is 11.0 Å². The third kappa shape index (κ3) is 3.82. The van der Waals surface area contributed by atoms with Gasteiger partial charge in [-0.1, -0.05) is 42.2 Å². The first-order chi connectivity index (χ1) is 11.7. The Labute approximate surface area is 140 Å². The summed E-state index contributed by atoms with van der Waals surface area (Å²) in [6.45, 7) is 0. The van der Waals surface area contributed by atoms with Crippen LogP contribution in [0.1, 0.15) is 21.5 Å². The van der Waals surface area contributed by atoms with E-state index in [0.717, 1.165) is 11.1 Å². The fourth-order valence-electron chi connectivity index (χ4n) is 2.14. The lowest BCUT2D eigenvalue weighted by molar-refractivity contribution is 0.102. The Bertz CT molecular complexity index is 904. The molecular weight excluding hydrogens is 298 g/mol. The van der Waals surface area contributed by atoms with Crippen molar-refractivity contribution in [3.8, 4) is 17.6 Å². The molecule has 116 valence electrons. The molecule has 0 saturated carbocycles. The number of benzene rings is 3. The molecule has 3 aromatic carbocycles. The van der Waals surface area contributed by atoms with Gasteiger partial charge >= 0.3 is 0 Å². The number of phenolic OH excluding ortho intramolecular Hbond substituents is 1. The maximum absolute atomic E-state index is 12.2. The van der Waals surface area contributed by atoms with Crippen LogP contribution in [0.3, 0.4) is 0 Å². The fraction of sp³-hybridized carbons (Fsp3) is 0. The van der Waals surface area contributed by atoms with E-state index < -0.39 is 0 Å². The molecule has 1 amide bonds. The molecule has 3 heteroatoms. The topological polar surface area (TPSA) is 49.3 Å². The number of hydrogen-bond acceptors (Lipinski definition) is 2. The number of amides is 1. The van der Waals surface area contributed by atoms with Crippen LogP contribution in [0.15, 0.2) is 78.9 Å². The molecule has 3 aromatic rings. The molecule has 0 spiro atoms. The van der Waals surface area contributed by atoms with Gasteiger partial charge in [-0.2, -0.15) is 0 Å². The summed E-state index contributed by atoms with van der Waals surface area (Å²) in [5, 5.41) is 12.4. The number of carbonyl (C=O) groups is 1. The van der Waals surface area contributed by atoms with E-state index in [9.17, 15) is 9.90 Å². The third-order valence-electron chi connectivity index (χ3n) is 3.42. The first-order valence-electron chi connectivity index (χ1n) is 7.49. The summed E-state index contributed by atoms with van der Waals surface area (Å²) in [6, 6.07) is 23.4. The Morgan fingerprint density at radius 1 is 0.750 bits per heavy atom. The highest BCUT2D eigenvalue weighted by Crippen LogP contribution is 2.22. The average Bonchev–Trinajstić information content (AvgIpc) is 2.63. The Balaban J connectivity index is 1.72. The van der Waals surface area contributed by atoms with Gasteiger partial charge in [0, 0.05) is 16.7 Å². The lowest BCUT2D eigenvalue weighted by atomic mass is 10.1. The highest BCUT2D eigenvalue weighted by molar-refractivity contribution is 6.05. The number of phenols is 1. The van der Waals surface area contributed by atoms with E-state index in [-0.39, 0.29) is 11.7 Å². The van der Waals surface area contributed by atoms with Gasteiger partial charge in [-0.25, -0.2) is 0 Å². The molecule has 24 heavy (non-hydrogen) atoms. The normalized spacial score (nSPS) is 9.67. The summed E-state index contributed by atoms with van der Waals surface area (Å²) < 4.78 is 0. The second-order valence-electron chi connectivity index (χ2n) is 5.16. The summed E-state index contributed by atoms with van der Waals surface area (Å²) in [4.78, 5) is 12.2. The fourth-order valence-corrected chi connectivity index (χ4v) is 2.14. The van der Waals surface area contributed by atoms with E-state index in [1.54, 1.807) is 42.5 Å². The summed E-state index contributed by atoms with van der Waals surface area (Å²) >= 11 is 0. The van der Waals surface area contributed by atoms with Crippen LogP contribution in [0.5, 0.6) is 5.75 Å². The molecule has 3 rings (SSSR count). The van der Waals surface area contributed by atoms with Crippen molar-refractivity contribution in [1.82, 2.24) is 0 Å². The third-order valence-corrected chi connectivity index (χ3v) is 3.42. The minimum absolute atomic E-state index is 0.0381. The van der Waals surface area contributed by atoms with Gasteiger partial charge in [-0.15, -0.1) is 0 Å². The minimum atomic E-state index is -0.279. The first kappa shape index (κ1) is 15.4. The lowest BCUT2D eigenvalue weighted by Gasteiger charge is -2.06. The van der Waals surface area contributed by atoms with Crippen LogP contribution < -0.4 is 5.32 Å². The molecule has 0 aromatic heterocycles. The van der Waals surface area contributed by atoms with Crippen LogP contribution in [0.4, 0.5) is 5.69 Å². The number of carbonyl (C=O) groups excluding carboxylic acids is 1. The van der Waals surface area contributed by atoms with Gasteiger partial charge in [0.1, 0.15) is 5.75 Å². The molecule has 2 N–H and O–H groups in total. The molecule has 0 aliphatic rings. The van der Waals surface area contributed by atoms with Crippen LogP contribution in [0.2, 0.25) is 0 Å². The summed E-state index contributed by atoms with van der Waals surface area (Å²) in [5.74, 6) is 5.90. The highest BCUT2D eigenvalue weighted by Gasteiger charge is 2.08. The molecule has 0 atom stereocenters. The Hall–Kier alpha value is -3.51. The quantitative estimate of drug-likeness (QED) is 0.554. The number of anilines is 1. The van der Waals surface area contributed by atoms with Crippen molar-refractivity contribution in [1.29, 1.82) is 0 Å². The van der Waals surface area contributed by atoms with Gasteiger partial charge in [0.25, 0.3) is 5.91 Å². The number of nitrogens with one attached hydrogen (secondary N) is 1. The van der Waals surface area contributed by atoms with Crippen molar-refractivity contribution in [2.75, 3.05) is 5.32 Å². The molecule has 0 aliphatic carbocycles. The predicted octanol–water partition coefficient (Wildman–Crippen LogP) is 4.04. The summed E-state index contributed by atoms with van der Waals surface area (Å²) in [5.41, 5.74) is 2.66. The molecule has 0 bridgehead atoms. The van der Waals surface area contributed by atoms with Crippen LogP contribution in [-0.2, 0) is 0 Å². The predicted molar refractivity (Wildman–Crippen MR) is 94.9 cm³/mol. The van der Waals surface area contributed by atoms with E-state index in [0.29, 0.717) is 11.3 Å². The number of rotatable bonds is 2. The molecule has 0 aliphatic heterocycles. The van der Waals surface area contributed by atoms with E-state index in [1.165, 1.54) is 6.07 Å². The van der Waals surface area contributed by atoms with Gasteiger partial charge in [-0.3, -0.25) is 4.79 Å². The monoisotopic (exact) mass is 313 g/mol. The van der Waals surface area contributed by atoms with Crippen LogP contribution in [0, 0.1) is 11.8 Å². The Kier molecular flexibility index (Phi) is 4.60. The minimum Gasteiger partial charge on any atom is -0.506 e. The number of para-hydroxylation sites is 2. The molecule has 0 radical (unpaired) electrons. The van der Waals surface area contributed by atoms with Crippen molar-refractivity contribution < 1.29 is 9.90 Å². The van der Waals surface area contributed by atoms with E-state index in [2.05, 4.69) is 17.2 Å². The lowest BCUT2D eigenvalue weighted by Crippen LogP contribution is -2.11. The van der Waals surface area contributed by atoms with Gasteiger partial charge < -0.3 is 10.4 Å². The van der Waals surface area contributed by atoms with Crippen molar-refractivity contribution >= 4 is 11.6 Å². The molecule has 0 heterocycles. The molecular formula is C21H15NO2. The van der Waals surface area contributed by atoms with Crippen LogP contribution >= 0.6 is 0 Å². The van der Waals surface area contributed by atoms with E-state index in [1.807, 2.05) is 30.3 Å². The second-order valence-corrected chi connectivity index (χ2v) is 5.16. The number of hydrogen-bond donors (Lipinski definition) is 2. The molecule has 0 fully saturated rings. The Morgan fingerprint density at radius 3 is 2.00 bits per heavy atom. The van der Waals surface area contributed by atoms with Crippen molar-refractivity contribution in [2.24, 2.45) is 0 Å². The maximum atomic E-state index is 12.2. The van der Waals surface area contributed by atoms with Gasteiger partial charge in [0.2, 0.25) is 0 Å². The van der Waals surface area contributed by atoms with Crippen molar-refractivity contribution in [2.45, 2.75) is 0 Å². The van der Waals surface area contributed by atoms with Gasteiger partial charge in [0.15, 0.2) is 0 Å². The SMILES string of the molecule is O=C(Nc1ccccc1O)c1ccc(C#Cc2ccccc2)cc1. The van der Waals surface area contributed by atoms with Crippen LogP contribution in [0.25, 0.3) is 0 Å². The molecule has 0 saturated heterocycles. The summed E-state index contributed by atoms with van der Waals surface area (Å²) in [7, 11) is 0. The first-order valence-corrected chi connectivity index (χ1v) is 7.49. The van der Waals surface area contributed by atoms with Crippen molar-refractivity contribution in [3.63, 3.8) is 0 Å². The molecule has 3 nitrogen and oxygen atoms in total. The van der Waals surface area contributed by atoms with Gasteiger partial charge in [-0.05, 0) is 48.5 Å². The van der Waals surface area contributed by atoms with E-state index in [4.69, 9.17) is 0 Å². The smallest absolute Gasteiger partial charge is 0.255 e. The number of aromatic hydroxyl groups is 1. The van der Waals surface area contributed by atoms with E-state index >= 15 is 0 Å². The zero-order valence-electron chi connectivity index (χ0n) is 12.9. The maximum Gasteiger partial charge on any atom is 0.255 e. The average molecular weight is 313 g/mol. The van der Waals surface area contributed by atoms with Gasteiger partial charge in [0.05, 0.1) is 5.69 Å². The Morgan fingerprint density at radius 2 is 1.33 bits per heavy atom. The molecule has 0 unspecified atom stereocenters. The second kappa shape index (κ2) is 7.17. The zero-order valence-corrected chi connectivity index (χ0v) is 12.9. The standard InChI is InChI=1S/C21H15NO2/c23-20-9-5-4-8-19(20)22-21(24)18-14-12-17(13-15-18)11-10-16-6-2-1-3-7-16/h1-9,12-15,23H,(H,22,24). The highest BCUT2D eigenvalue weighted by atomic mass is 16.3. The van der Waals surface area contributed by atoms with Crippen molar-refractivity contribution in [3.05, 3.63) is 95.6 Å². The zero-order chi connectivity index (χ0) is 16.8. The summed E-state index contributed by atoms with van der Waals surface area (Å²) in [6.07, 6.45) is 0. The largest absolute Gasteiger partial charge is 0.506 e.